The lowest BCUT2D eigenvalue weighted by atomic mass is 9.81. The van der Waals surface area contributed by atoms with Gasteiger partial charge in [0.2, 0.25) is 5.91 Å². The van der Waals surface area contributed by atoms with Crippen molar-refractivity contribution in [3.05, 3.63) is 59.7 Å². The average molecular weight is 487 g/mol. The molecule has 2 atom stereocenters. The molecule has 2 aromatic carbocycles. The van der Waals surface area contributed by atoms with Crippen LogP contribution in [0, 0.1) is 0 Å². The Kier molecular flexibility index (Phi) is 10.1. The van der Waals surface area contributed by atoms with Gasteiger partial charge in [-0.1, -0.05) is 50.2 Å². The molecular weight excluding hydrogens is 452 g/mol. The van der Waals surface area contributed by atoms with Crippen LogP contribution in [0.15, 0.2) is 48.5 Å². The third-order valence-corrected chi connectivity index (χ3v) is 5.88. The molecule has 0 fully saturated rings. The van der Waals surface area contributed by atoms with Crippen LogP contribution in [0.3, 0.4) is 0 Å². The Morgan fingerprint density at radius 1 is 1.03 bits per heavy atom. The number of ether oxygens (including phenoxy) is 2. The summed E-state index contributed by atoms with van der Waals surface area (Å²) in [5.41, 5.74) is 1.39. The Morgan fingerprint density at radius 2 is 1.71 bits per heavy atom. The van der Waals surface area contributed by atoms with Gasteiger partial charge in [-0.2, -0.15) is 0 Å². The molecule has 0 heterocycles. The predicted octanol–water partition coefficient (Wildman–Crippen LogP) is 2.40. The third kappa shape index (κ3) is 8.29. The number of aliphatic carboxylic acids is 1. The van der Waals surface area contributed by atoms with Gasteiger partial charge >= 0.3 is 11.9 Å². The van der Waals surface area contributed by atoms with Crippen molar-refractivity contribution in [1.82, 2.24) is 10.6 Å². The van der Waals surface area contributed by atoms with Crippen LogP contribution in [0.2, 0.25) is 0 Å². The lowest BCUT2D eigenvalue weighted by molar-refractivity contribution is -0.145. The van der Waals surface area contributed by atoms with Crippen molar-refractivity contribution in [2.75, 3.05) is 20.8 Å². The minimum absolute atomic E-state index is 0.0408. The van der Waals surface area contributed by atoms with E-state index in [1.54, 1.807) is 18.2 Å². The van der Waals surface area contributed by atoms with Crippen LogP contribution in [0.5, 0.6) is 11.5 Å². The Hall–Kier alpha value is -3.59. The maximum atomic E-state index is 13.0. The second kappa shape index (κ2) is 12.8. The first-order valence-electron chi connectivity index (χ1n) is 11.3. The molecule has 0 unspecified atom stereocenters. The van der Waals surface area contributed by atoms with Gasteiger partial charge in [-0.05, 0) is 41.6 Å². The van der Waals surface area contributed by atoms with Crippen LogP contribution in [0.1, 0.15) is 37.8 Å². The number of carboxylic acids is 1. The second-order valence-corrected chi connectivity index (χ2v) is 8.90. The molecule has 35 heavy (non-hydrogen) atoms. The third-order valence-electron chi connectivity index (χ3n) is 5.88. The van der Waals surface area contributed by atoms with Crippen molar-refractivity contribution in [2.45, 2.75) is 50.6 Å². The number of hydrogen-bond acceptors (Lipinski definition) is 7. The standard InChI is InChI=1S/C26H34N2O7/c1-26(2,18-10-11-21(29)22(15-18)34-3)12-13-27-19(16-23(30)31)24(32)28-20(25(33)35-4)14-17-8-6-5-7-9-17/h5-11,15,19-20,27,29H,12-14,16H2,1-4H3,(H,28,32)(H,30,31)/t19-,20-/m0/s1. The molecule has 0 bridgehead atoms. The lowest BCUT2D eigenvalue weighted by Gasteiger charge is -2.27. The van der Waals surface area contributed by atoms with Crippen LogP contribution in [-0.2, 0) is 31.0 Å². The number of amides is 1. The molecule has 2 aromatic rings. The monoisotopic (exact) mass is 486 g/mol. The molecule has 0 spiro atoms. The highest BCUT2D eigenvalue weighted by atomic mass is 16.5. The first-order chi connectivity index (χ1) is 16.6. The minimum Gasteiger partial charge on any atom is -0.504 e. The lowest BCUT2D eigenvalue weighted by Crippen LogP contribution is -2.52. The van der Waals surface area contributed by atoms with Crippen LogP contribution in [0.25, 0.3) is 0 Å². The molecule has 0 aliphatic carbocycles. The van der Waals surface area contributed by atoms with E-state index in [4.69, 9.17) is 9.47 Å². The van der Waals surface area contributed by atoms with Crippen molar-refractivity contribution in [3.8, 4) is 11.5 Å². The number of aromatic hydroxyl groups is 1. The fourth-order valence-corrected chi connectivity index (χ4v) is 3.69. The Morgan fingerprint density at radius 3 is 2.31 bits per heavy atom. The maximum Gasteiger partial charge on any atom is 0.328 e. The van der Waals surface area contributed by atoms with Crippen LogP contribution in [0.4, 0.5) is 0 Å². The van der Waals surface area contributed by atoms with E-state index < -0.39 is 36.4 Å². The van der Waals surface area contributed by atoms with Gasteiger partial charge in [0.25, 0.3) is 0 Å². The fourth-order valence-electron chi connectivity index (χ4n) is 3.69. The van der Waals surface area contributed by atoms with Crippen molar-refractivity contribution >= 4 is 17.8 Å². The summed E-state index contributed by atoms with van der Waals surface area (Å²) < 4.78 is 10.0. The zero-order chi connectivity index (χ0) is 26.0. The average Bonchev–Trinajstić information content (AvgIpc) is 2.82. The number of methoxy groups -OCH3 is 2. The number of carboxylic acid groups (broad SMARTS) is 1. The molecule has 0 aliphatic rings. The molecule has 9 nitrogen and oxygen atoms in total. The minimum atomic E-state index is -1.14. The normalized spacial score (nSPS) is 12.9. The Labute approximate surface area is 205 Å². The molecule has 4 N–H and O–H groups in total. The number of carbonyl (C=O) groups excluding carboxylic acids is 2. The highest BCUT2D eigenvalue weighted by molar-refractivity contribution is 5.90. The van der Waals surface area contributed by atoms with E-state index in [-0.39, 0.29) is 17.6 Å². The zero-order valence-electron chi connectivity index (χ0n) is 20.5. The van der Waals surface area contributed by atoms with Gasteiger partial charge in [-0.15, -0.1) is 0 Å². The van der Waals surface area contributed by atoms with Gasteiger partial charge in [0.1, 0.15) is 6.04 Å². The van der Waals surface area contributed by atoms with E-state index in [0.29, 0.717) is 18.7 Å². The smallest absolute Gasteiger partial charge is 0.328 e. The van der Waals surface area contributed by atoms with E-state index in [1.165, 1.54) is 14.2 Å². The number of esters is 1. The maximum absolute atomic E-state index is 13.0. The van der Waals surface area contributed by atoms with Crippen molar-refractivity contribution in [1.29, 1.82) is 0 Å². The summed E-state index contributed by atoms with van der Waals surface area (Å²) >= 11 is 0. The first kappa shape index (κ1) is 27.7. The molecule has 190 valence electrons. The fraction of sp³-hybridized carbons (Fsp3) is 0.423. The van der Waals surface area contributed by atoms with Crippen LogP contribution in [-0.4, -0.2) is 60.9 Å². The molecule has 0 aromatic heterocycles. The van der Waals surface area contributed by atoms with Gasteiger partial charge in [0.05, 0.1) is 26.7 Å². The number of rotatable bonds is 13. The SMILES string of the molecule is COC(=O)[C@H](Cc1ccccc1)NC(=O)[C@H](CC(=O)O)NCCC(C)(C)c1ccc(O)c(OC)c1. The molecule has 0 aliphatic heterocycles. The van der Waals surface area contributed by atoms with Gasteiger partial charge < -0.3 is 30.3 Å². The molecule has 0 saturated carbocycles. The molecule has 9 heteroatoms. The van der Waals surface area contributed by atoms with Gasteiger partial charge in [-0.25, -0.2) is 4.79 Å². The summed E-state index contributed by atoms with van der Waals surface area (Å²) in [7, 11) is 2.71. The zero-order valence-corrected chi connectivity index (χ0v) is 20.5. The highest BCUT2D eigenvalue weighted by Crippen LogP contribution is 2.34. The van der Waals surface area contributed by atoms with E-state index in [1.807, 2.05) is 44.2 Å². The molecule has 0 radical (unpaired) electrons. The van der Waals surface area contributed by atoms with Crippen molar-refractivity contribution in [2.24, 2.45) is 0 Å². The Bertz CT molecular complexity index is 1010. The van der Waals surface area contributed by atoms with E-state index in [0.717, 1.165) is 11.1 Å². The van der Waals surface area contributed by atoms with Crippen molar-refractivity contribution in [3.63, 3.8) is 0 Å². The van der Waals surface area contributed by atoms with Gasteiger partial charge in [0.15, 0.2) is 11.5 Å². The summed E-state index contributed by atoms with van der Waals surface area (Å²) in [5.74, 6) is -1.95. The molecule has 2 rings (SSSR count). The number of nitrogens with one attached hydrogen (secondary N) is 2. The van der Waals surface area contributed by atoms with Crippen LogP contribution < -0.4 is 15.4 Å². The summed E-state index contributed by atoms with van der Waals surface area (Å²) in [5, 5.41) is 24.8. The topological polar surface area (TPSA) is 134 Å². The number of phenols is 1. The molecule has 1 amide bonds. The van der Waals surface area contributed by atoms with Gasteiger partial charge in [-0.3, -0.25) is 9.59 Å². The summed E-state index contributed by atoms with van der Waals surface area (Å²) in [4.78, 5) is 36.6. The first-order valence-corrected chi connectivity index (χ1v) is 11.3. The Balaban J connectivity index is 2.07. The number of benzene rings is 2. The predicted molar refractivity (Wildman–Crippen MR) is 130 cm³/mol. The van der Waals surface area contributed by atoms with Gasteiger partial charge in [0, 0.05) is 6.42 Å². The molecular formula is C26H34N2O7. The van der Waals surface area contributed by atoms with Crippen molar-refractivity contribution < 1.29 is 34.1 Å². The molecule has 0 saturated heterocycles. The quantitative estimate of drug-likeness (QED) is 0.317. The highest BCUT2D eigenvalue weighted by Gasteiger charge is 2.29. The van der Waals surface area contributed by atoms with E-state index in [2.05, 4.69) is 10.6 Å². The summed E-state index contributed by atoms with van der Waals surface area (Å²) in [6, 6.07) is 12.3. The largest absolute Gasteiger partial charge is 0.504 e. The number of carbonyl (C=O) groups is 3. The second-order valence-electron chi connectivity index (χ2n) is 8.90. The van der Waals surface area contributed by atoms with E-state index >= 15 is 0 Å². The summed E-state index contributed by atoms with van der Waals surface area (Å²) in [6.07, 6.45) is 0.335. The van der Waals surface area contributed by atoms with Crippen LogP contribution >= 0.6 is 0 Å². The number of phenolic OH excluding ortho intramolecular Hbond substituents is 1. The number of hydrogen-bond donors (Lipinski definition) is 4. The van der Waals surface area contributed by atoms with E-state index in [9.17, 15) is 24.6 Å². The summed E-state index contributed by atoms with van der Waals surface area (Å²) in [6.45, 7) is 4.34.